The molecule has 0 amide bonds. The van der Waals surface area contributed by atoms with Gasteiger partial charge in [0.1, 0.15) is 0 Å². The van der Waals surface area contributed by atoms with Crippen LogP contribution in [0, 0.1) is 6.92 Å². The molecule has 0 saturated heterocycles. The molecule has 1 aromatic carbocycles. The van der Waals surface area contributed by atoms with E-state index in [1.54, 1.807) is 18.2 Å². The molecule has 0 saturated carbocycles. The Hall–Kier alpha value is -2.16. The lowest BCUT2D eigenvalue weighted by Crippen LogP contribution is -1.97. The standard InChI is InChI=1S/C9H14N2.C7H11N/c1-3-11-8-4-5-9(10)7(2)6-8;1-3-5-6-7(8)4-2/h4-6,11H,3,10H2,1-2H3;3-6H,1,8H2,2H3/b;6-5-,7-4+. The number of benzene rings is 1. The van der Waals surface area contributed by atoms with Crippen LogP contribution in [0.15, 0.2) is 54.8 Å². The van der Waals surface area contributed by atoms with Gasteiger partial charge in [-0.3, -0.25) is 0 Å². The van der Waals surface area contributed by atoms with E-state index in [1.807, 2.05) is 32.1 Å². The van der Waals surface area contributed by atoms with E-state index in [0.29, 0.717) is 0 Å². The Labute approximate surface area is 116 Å². The number of nitrogens with one attached hydrogen (secondary N) is 1. The molecule has 0 fully saturated rings. The first-order valence-corrected chi connectivity index (χ1v) is 6.36. The monoisotopic (exact) mass is 259 g/mol. The molecule has 5 N–H and O–H groups in total. The van der Waals surface area contributed by atoms with Crippen molar-refractivity contribution in [1.29, 1.82) is 0 Å². The lowest BCUT2D eigenvalue weighted by Gasteiger charge is -2.05. The zero-order valence-corrected chi connectivity index (χ0v) is 12.1. The van der Waals surface area contributed by atoms with E-state index < -0.39 is 0 Å². The van der Waals surface area contributed by atoms with Crippen molar-refractivity contribution >= 4 is 11.4 Å². The van der Waals surface area contributed by atoms with Gasteiger partial charge in [-0.2, -0.15) is 0 Å². The van der Waals surface area contributed by atoms with E-state index in [4.69, 9.17) is 11.5 Å². The van der Waals surface area contributed by atoms with Gasteiger partial charge < -0.3 is 16.8 Å². The molecule has 104 valence electrons. The first kappa shape index (κ1) is 16.8. The molecule has 0 radical (unpaired) electrons. The normalized spacial score (nSPS) is 10.8. The molecule has 0 aliphatic carbocycles. The van der Waals surface area contributed by atoms with Crippen molar-refractivity contribution in [2.45, 2.75) is 20.8 Å². The molecule has 3 nitrogen and oxygen atoms in total. The van der Waals surface area contributed by atoms with Crippen LogP contribution in [0.5, 0.6) is 0 Å². The molecule has 19 heavy (non-hydrogen) atoms. The molecule has 0 spiro atoms. The van der Waals surface area contributed by atoms with Gasteiger partial charge in [-0.1, -0.05) is 24.8 Å². The molecule has 0 bridgehead atoms. The van der Waals surface area contributed by atoms with Crippen molar-refractivity contribution in [2.75, 3.05) is 17.6 Å². The Morgan fingerprint density at radius 1 is 1.42 bits per heavy atom. The van der Waals surface area contributed by atoms with Crippen LogP contribution in [-0.4, -0.2) is 6.54 Å². The molecule has 0 heterocycles. The molecular weight excluding hydrogens is 234 g/mol. The summed E-state index contributed by atoms with van der Waals surface area (Å²) in [6.45, 7) is 10.4. The van der Waals surface area contributed by atoms with Crippen molar-refractivity contribution in [2.24, 2.45) is 5.73 Å². The Morgan fingerprint density at radius 3 is 2.58 bits per heavy atom. The third-order valence-electron chi connectivity index (χ3n) is 2.41. The Kier molecular flexibility index (Phi) is 8.71. The summed E-state index contributed by atoms with van der Waals surface area (Å²) in [6, 6.07) is 5.97. The van der Waals surface area contributed by atoms with Crippen LogP contribution in [0.2, 0.25) is 0 Å². The van der Waals surface area contributed by atoms with Crippen LogP contribution in [-0.2, 0) is 0 Å². The van der Waals surface area contributed by atoms with Gasteiger partial charge in [0.2, 0.25) is 0 Å². The summed E-state index contributed by atoms with van der Waals surface area (Å²) in [6.07, 6.45) is 7.12. The SMILES string of the molecule is C=C/C=C\C(N)=C/C.CCNc1ccc(N)c(C)c1. The first-order valence-electron chi connectivity index (χ1n) is 6.36. The maximum atomic E-state index is 5.66. The average Bonchev–Trinajstić information content (AvgIpc) is 2.41. The predicted octanol–water partition coefficient (Wildman–Crippen LogP) is 3.60. The van der Waals surface area contributed by atoms with E-state index in [1.165, 1.54) is 0 Å². The van der Waals surface area contributed by atoms with Crippen LogP contribution in [0.1, 0.15) is 19.4 Å². The van der Waals surface area contributed by atoms with Crippen molar-refractivity contribution in [1.82, 2.24) is 0 Å². The fourth-order valence-electron chi connectivity index (χ4n) is 1.27. The number of hydrogen-bond donors (Lipinski definition) is 3. The summed E-state index contributed by atoms with van der Waals surface area (Å²) in [7, 11) is 0. The number of aryl methyl sites for hydroxylation is 1. The van der Waals surface area contributed by atoms with Crippen molar-refractivity contribution in [3.8, 4) is 0 Å². The smallest absolute Gasteiger partial charge is 0.0345 e. The fourth-order valence-corrected chi connectivity index (χ4v) is 1.27. The Balaban J connectivity index is 0.000000362. The number of allylic oxidation sites excluding steroid dienone is 4. The molecule has 0 aromatic heterocycles. The minimum absolute atomic E-state index is 0.768. The molecule has 3 heteroatoms. The summed E-state index contributed by atoms with van der Waals surface area (Å²) in [4.78, 5) is 0. The van der Waals surface area contributed by atoms with Gasteiger partial charge in [0.05, 0.1) is 0 Å². The number of nitrogens with two attached hydrogens (primary N) is 2. The maximum Gasteiger partial charge on any atom is 0.0345 e. The van der Waals surface area contributed by atoms with E-state index in [9.17, 15) is 0 Å². The molecule has 0 aliphatic heterocycles. The van der Waals surface area contributed by atoms with Crippen molar-refractivity contribution < 1.29 is 0 Å². The van der Waals surface area contributed by atoms with Crippen LogP contribution in [0.25, 0.3) is 0 Å². The van der Waals surface area contributed by atoms with Crippen molar-refractivity contribution in [3.05, 3.63) is 60.3 Å². The minimum atomic E-state index is 0.768. The van der Waals surface area contributed by atoms with E-state index >= 15 is 0 Å². The zero-order chi connectivity index (χ0) is 14.7. The Morgan fingerprint density at radius 2 is 2.11 bits per heavy atom. The molecule has 1 aromatic rings. The number of hydrogen-bond acceptors (Lipinski definition) is 3. The topological polar surface area (TPSA) is 64.1 Å². The summed E-state index contributed by atoms with van der Waals surface area (Å²) in [5.74, 6) is 0. The average molecular weight is 259 g/mol. The highest BCUT2D eigenvalue weighted by atomic mass is 14.8. The Bertz CT molecular complexity index is 445. The molecule has 0 aliphatic rings. The second-order valence-corrected chi connectivity index (χ2v) is 3.99. The van der Waals surface area contributed by atoms with Gasteiger partial charge in [-0.15, -0.1) is 0 Å². The summed E-state index contributed by atoms with van der Waals surface area (Å²) >= 11 is 0. The van der Waals surface area contributed by atoms with Gasteiger partial charge in [0.15, 0.2) is 0 Å². The van der Waals surface area contributed by atoms with Gasteiger partial charge >= 0.3 is 0 Å². The summed E-state index contributed by atoms with van der Waals surface area (Å²) in [5.41, 5.74) is 14.9. The van der Waals surface area contributed by atoms with Crippen molar-refractivity contribution in [3.63, 3.8) is 0 Å². The highest BCUT2D eigenvalue weighted by Gasteiger charge is 1.93. The third kappa shape index (κ3) is 7.71. The molecular formula is C16H25N3. The second-order valence-electron chi connectivity index (χ2n) is 3.99. The minimum Gasteiger partial charge on any atom is -0.399 e. The van der Waals surface area contributed by atoms with Gasteiger partial charge in [-0.05, 0) is 50.6 Å². The maximum absolute atomic E-state index is 5.66. The van der Waals surface area contributed by atoms with E-state index in [0.717, 1.165) is 29.2 Å². The molecule has 1 rings (SSSR count). The lowest BCUT2D eigenvalue weighted by atomic mass is 10.2. The van der Waals surface area contributed by atoms with E-state index in [2.05, 4.69) is 24.9 Å². The van der Waals surface area contributed by atoms with Crippen LogP contribution < -0.4 is 16.8 Å². The molecule has 0 atom stereocenters. The highest BCUT2D eigenvalue weighted by Crippen LogP contribution is 2.15. The highest BCUT2D eigenvalue weighted by molar-refractivity contribution is 5.56. The van der Waals surface area contributed by atoms with Crippen LogP contribution in [0.4, 0.5) is 11.4 Å². The summed E-state index contributed by atoms with van der Waals surface area (Å²) in [5, 5.41) is 3.22. The van der Waals surface area contributed by atoms with Gasteiger partial charge in [-0.25, -0.2) is 0 Å². The number of nitrogen functional groups attached to an aromatic ring is 1. The number of rotatable bonds is 4. The molecule has 0 unspecified atom stereocenters. The second kappa shape index (κ2) is 9.83. The van der Waals surface area contributed by atoms with Crippen LogP contribution in [0.3, 0.4) is 0 Å². The fraction of sp³-hybridized carbons (Fsp3) is 0.250. The van der Waals surface area contributed by atoms with E-state index in [-0.39, 0.29) is 0 Å². The quantitative estimate of drug-likeness (QED) is 0.572. The third-order valence-corrected chi connectivity index (χ3v) is 2.41. The largest absolute Gasteiger partial charge is 0.399 e. The number of anilines is 2. The van der Waals surface area contributed by atoms with Gasteiger partial charge in [0.25, 0.3) is 0 Å². The summed E-state index contributed by atoms with van der Waals surface area (Å²) < 4.78 is 0. The van der Waals surface area contributed by atoms with Gasteiger partial charge in [0, 0.05) is 23.6 Å². The van der Waals surface area contributed by atoms with Crippen LogP contribution >= 0.6 is 0 Å². The lowest BCUT2D eigenvalue weighted by molar-refractivity contribution is 1.21. The first-order chi connectivity index (χ1) is 9.04. The predicted molar refractivity (Wildman–Crippen MR) is 87.0 cm³/mol. The zero-order valence-electron chi connectivity index (χ0n) is 12.1.